The molecule has 0 fully saturated rings. The van der Waals surface area contributed by atoms with E-state index in [-0.39, 0.29) is 0 Å². The van der Waals surface area contributed by atoms with E-state index >= 15 is 0 Å². The minimum atomic E-state index is 0.647. The summed E-state index contributed by atoms with van der Waals surface area (Å²) < 4.78 is 12.9. The molecular weight excluding hydrogens is 376 g/mol. The lowest BCUT2D eigenvalue weighted by atomic mass is 10.1. The second-order valence-electron chi connectivity index (χ2n) is 7.07. The highest BCUT2D eigenvalue weighted by atomic mass is 16.5. The lowest BCUT2D eigenvalue weighted by Gasteiger charge is -2.13. The van der Waals surface area contributed by atoms with Crippen LogP contribution in [0.25, 0.3) is 39.2 Å². The van der Waals surface area contributed by atoms with Crippen LogP contribution in [0.4, 0.5) is 0 Å². The van der Waals surface area contributed by atoms with Crippen LogP contribution < -0.4 is 9.47 Å². The third kappa shape index (κ3) is 2.93. The standard InChI is InChI=1S/C24H20N4O2/c1-15-6-8-16(9-7-15)20-14-21(19-13-17(29-2)10-11-22(19)30-3)28-24(26-20)18-5-4-12-25-23(18)27-28/h4-14H,1-3H3. The lowest BCUT2D eigenvalue weighted by molar-refractivity contribution is 0.404. The number of aryl methyl sites for hydroxylation is 1. The SMILES string of the molecule is COc1ccc(OC)c(-c2cc(-c3ccc(C)cc3)nc3c4cccnc4nn23)c1. The minimum absolute atomic E-state index is 0.647. The summed E-state index contributed by atoms with van der Waals surface area (Å²) in [7, 11) is 3.31. The van der Waals surface area contributed by atoms with Crippen molar-refractivity contribution in [1.29, 1.82) is 0 Å². The normalized spacial score (nSPS) is 11.2. The molecule has 0 atom stereocenters. The maximum atomic E-state index is 5.65. The van der Waals surface area contributed by atoms with Crippen molar-refractivity contribution in [2.24, 2.45) is 0 Å². The van der Waals surface area contributed by atoms with Crippen molar-refractivity contribution >= 4 is 16.7 Å². The molecular formula is C24H20N4O2. The molecule has 0 saturated heterocycles. The summed E-state index contributed by atoms with van der Waals surface area (Å²) in [6, 6.07) is 20.0. The van der Waals surface area contributed by atoms with Crippen molar-refractivity contribution < 1.29 is 9.47 Å². The molecule has 0 unspecified atom stereocenters. The van der Waals surface area contributed by atoms with Crippen LogP contribution in [0.2, 0.25) is 0 Å². The Morgan fingerprint density at radius 3 is 2.50 bits per heavy atom. The summed E-state index contributed by atoms with van der Waals surface area (Å²) in [4.78, 5) is 9.35. The van der Waals surface area contributed by atoms with Crippen LogP contribution in [-0.2, 0) is 0 Å². The van der Waals surface area contributed by atoms with Gasteiger partial charge in [-0.05, 0) is 43.3 Å². The summed E-state index contributed by atoms with van der Waals surface area (Å²) in [5.41, 5.74) is 6.20. The number of hydrogen-bond acceptors (Lipinski definition) is 5. The number of aromatic nitrogens is 4. The highest BCUT2D eigenvalue weighted by Crippen LogP contribution is 2.36. The first kappa shape index (κ1) is 18.1. The molecule has 0 radical (unpaired) electrons. The Morgan fingerprint density at radius 2 is 1.73 bits per heavy atom. The summed E-state index contributed by atoms with van der Waals surface area (Å²) in [6.07, 6.45) is 1.74. The first-order valence-corrected chi connectivity index (χ1v) is 9.62. The Labute approximate surface area is 173 Å². The first-order valence-electron chi connectivity index (χ1n) is 9.62. The smallest absolute Gasteiger partial charge is 0.183 e. The van der Waals surface area contributed by atoms with Crippen LogP contribution in [0.5, 0.6) is 11.5 Å². The third-order valence-corrected chi connectivity index (χ3v) is 5.18. The molecule has 0 bridgehead atoms. The van der Waals surface area contributed by atoms with E-state index in [9.17, 15) is 0 Å². The number of methoxy groups -OCH3 is 2. The van der Waals surface area contributed by atoms with E-state index in [1.807, 2.05) is 40.9 Å². The Hall–Kier alpha value is -3.93. The maximum Gasteiger partial charge on any atom is 0.183 e. The molecule has 148 valence electrons. The molecule has 5 aromatic rings. The molecule has 0 aliphatic heterocycles. The van der Waals surface area contributed by atoms with Crippen LogP contribution in [0.1, 0.15) is 5.56 Å². The van der Waals surface area contributed by atoms with E-state index in [1.54, 1.807) is 20.4 Å². The number of benzene rings is 2. The van der Waals surface area contributed by atoms with Crippen LogP contribution in [-0.4, -0.2) is 33.8 Å². The summed E-state index contributed by atoms with van der Waals surface area (Å²) in [5, 5.41) is 5.62. The number of pyridine rings is 1. The number of fused-ring (bicyclic) bond motifs is 3. The van der Waals surface area contributed by atoms with Gasteiger partial charge in [-0.15, -0.1) is 5.10 Å². The zero-order valence-corrected chi connectivity index (χ0v) is 17.0. The molecule has 0 N–H and O–H groups in total. The number of nitrogens with zero attached hydrogens (tertiary/aromatic N) is 4. The minimum Gasteiger partial charge on any atom is -0.497 e. The van der Waals surface area contributed by atoms with E-state index < -0.39 is 0 Å². The van der Waals surface area contributed by atoms with Gasteiger partial charge in [0.1, 0.15) is 11.5 Å². The molecule has 6 heteroatoms. The van der Waals surface area contributed by atoms with Gasteiger partial charge >= 0.3 is 0 Å². The summed E-state index contributed by atoms with van der Waals surface area (Å²) in [6.45, 7) is 2.07. The maximum absolute atomic E-state index is 5.65. The Kier molecular flexibility index (Phi) is 4.32. The molecule has 3 aromatic heterocycles. The number of rotatable bonds is 4. The fraction of sp³-hybridized carbons (Fsp3) is 0.125. The predicted octanol–water partition coefficient (Wildman–Crippen LogP) is 4.94. The van der Waals surface area contributed by atoms with Crippen molar-refractivity contribution in [3.8, 4) is 34.0 Å². The van der Waals surface area contributed by atoms with Gasteiger partial charge in [0, 0.05) is 17.3 Å². The second-order valence-corrected chi connectivity index (χ2v) is 7.07. The van der Waals surface area contributed by atoms with Crippen LogP contribution in [0.3, 0.4) is 0 Å². The molecule has 0 saturated carbocycles. The fourth-order valence-corrected chi connectivity index (χ4v) is 3.60. The molecule has 5 rings (SSSR count). The highest BCUT2D eigenvalue weighted by molar-refractivity contribution is 5.92. The molecule has 6 nitrogen and oxygen atoms in total. The Bertz CT molecular complexity index is 1370. The van der Waals surface area contributed by atoms with E-state index in [0.29, 0.717) is 5.65 Å². The largest absolute Gasteiger partial charge is 0.497 e. The number of hydrogen-bond donors (Lipinski definition) is 0. The van der Waals surface area contributed by atoms with Crippen LogP contribution >= 0.6 is 0 Å². The van der Waals surface area contributed by atoms with Gasteiger partial charge in [0.25, 0.3) is 0 Å². The van der Waals surface area contributed by atoms with Gasteiger partial charge in [0.2, 0.25) is 0 Å². The fourth-order valence-electron chi connectivity index (χ4n) is 3.60. The quantitative estimate of drug-likeness (QED) is 0.431. The Balaban J connectivity index is 1.87. The monoisotopic (exact) mass is 396 g/mol. The average Bonchev–Trinajstić information content (AvgIpc) is 3.17. The van der Waals surface area contributed by atoms with Gasteiger partial charge < -0.3 is 9.47 Å². The molecule has 0 aliphatic rings. The van der Waals surface area contributed by atoms with Crippen molar-refractivity contribution in [3.05, 3.63) is 72.4 Å². The number of ether oxygens (including phenoxy) is 2. The van der Waals surface area contributed by atoms with Gasteiger partial charge in [-0.3, -0.25) is 0 Å². The van der Waals surface area contributed by atoms with Crippen LogP contribution in [0.15, 0.2) is 66.9 Å². The van der Waals surface area contributed by atoms with E-state index in [0.717, 1.165) is 45.0 Å². The van der Waals surface area contributed by atoms with Gasteiger partial charge in [-0.25, -0.2) is 14.5 Å². The third-order valence-electron chi connectivity index (χ3n) is 5.18. The highest BCUT2D eigenvalue weighted by Gasteiger charge is 2.18. The molecule has 0 amide bonds. The topological polar surface area (TPSA) is 61.5 Å². The average molecular weight is 396 g/mol. The predicted molar refractivity (Wildman–Crippen MR) is 117 cm³/mol. The molecule has 3 heterocycles. The Morgan fingerprint density at radius 1 is 0.900 bits per heavy atom. The van der Waals surface area contributed by atoms with Gasteiger partial charge in [-0.1, -0.05) is 29.8 Å². The molecule has 0 spiro atoms. The molecule has 0 aliphatic carbocycles. The zero-order chi connectivity index (χ0) is 20.7. The van der Waals surface area contributed by atoms with E-state index in [2.05, 4.69) is 36.2 Å². The van der Waals surface area contributed by atoms with Crippen molar-refractivity contribution in [3.63, 3.8) is 0 Å². The summed E-state index contributed by atoms with van der Waals surface area (Å²) >= 11 is 0. The molecule has 2 aromatic carbocycles. The first-order chi connectivity index (χ1) is 14.7. The van der Waals surface area contributed by atoms with Gasteiger partial charge in [0.15, 0.2) is 11.3 Å². The summed E-state index contributed by atoms with van der Waals surface area (Å²) in [5.74, 6) is 1.47. The molecule has 30 heavy (non-hydrogen) atoms. The van der Waals surface area contributed by atoms with Crippen molar-refractivity contribution in [1.82, 2.24) is 19.6 Å². The van der Waals surface area contributed by atoms with E-state index in [4.69, 9.17) is 19.6 Å². The van der Waals surface area contributed by atoms with Gasteiger partial charge in [0.05, 0.1) is 31.0 Å². The van der Waals surface area contributed by atoms with E-state index in [1.165, 1.54) is 5.56 Å². The second kappa shape index (κ2) is 7.15. The van der Waals surface area contributed by atoms with Crippen LogP contribution in [0, 0.1) is 6.92 Å². The van der Waals surface area contributed by atoms with Gasteiger partial charge in [-0.2, -0.15) is 0 Å². The lowest BCUT2D eigenvalue weighted by Crippen LogP contribution is -2.00. The zero-order valence-electron chi connectivity index (χ0n) is 17.0. The van der Waals surface area contributed by atoms with Crippen molar-refractivity contribution in [2.75, 3.05) is 14.2 Å². The van der Waals surface area contributed by atoms with Crippen molar-refractivity contribution in [2.45, 2.75) is 6.92 Å².